The number of rotatable bonds is 7. The summed E-state index contributed by atoms with van der Waals surface area (Å²) in [6.45, 7) is 0.643. The van der Waals surface area contributed by atoms with Crippen molar-refractivity contribution in [1.82, 2.24) is 10.2 Å². The van der Waals surface area contributed by atoms with E-state index in [1.807, 2.05) is 0 Å². The fraction of sp³-hybridized carbons (Fsp3) is 0.471. The van der Waals surface area contributed by atoms with Crippen molar-refractivity contribution >= 4 is 52.8 Å². The van der Waals surface area contributed by atoms with E-state index in [9.17, 15) is 34.2 Å². The highest BCUT2D eigenvalue weighted by molar-refractivity contribution is 8.00. The molecule has 3 heterocycles. The molecule has 2 aliphatic rings. The molecule has 12 heteroatoms. The summed E-state index contributed by atoms with van der Waals surface area (Å²) in [7, 11) is 0. The number of carbonyl (C=O) groups is 5. The quantitative estimate of drug-likeness (QED) is 0.300. The average molecular weight is 442 g/mol. The number of carboxylic acids is 2. The first-order chi connectivity index (χ1) is 13.7. The lowest BCUT2D eigenvalue weighted by Crippen LogP contribution is -2.74. The van der Waals surface area contributed by atoms with E-state index >= 15 is 0 Å². The molecule has 2 fully saturated rings. The van der Waals surface area contributed by atoms with Crippen molar-refractivity contribution in [1.29, 1.82) is 0 Å². The SMILES string of the molecule is CC(=O)OCC1(C(=O)O)CS[C@@H]2C(NC(=O)C(C(=O)O)c3cccs3)C(=O)N2C1. The molecule has 1 aromatic heterocycles. The van der Waals surface area contributed by atoms with E-state index in [4.69, 9.17) is 4.74 Å². The normalized spacial score (nSPS) is 26.7. The third-order valence-electron chi connectivity index (χ3n) is 4.78. The van der Waals surface area contributed by atoms with E-state index < -0.39 is 52.5 Å². The monoisotopic (exact) mass is 442 g/mol. The Morgan fingerprint density at radius 3 is 2.66 bits per heavy atom. The maximum Gasteiger partial charge on any atom is 0.321 e. The van der Waals surface area contributed by atoms with E-state index in [-0.39, 0.29) is 18.9 Å². The Labute approximate surface area is 173 Å². The Morgan fingerprint density at radius 2 is 2.10 bits per heavy atom. The predicted molar refractivity (Wildman–Crippen MR) is 101 cm³/mol. The van der Waals surface area contributed by atoms with E-state index in [2.05, 4.69) is 5.32 Å². The largest absolute Gasteiger partial charge is 0.481 e. The Balaban J connectivity index is 1.68. The summed E-state index contributed by atoms with van der Waals surface area (Å²) >= 11 is 2.27. The smallest absolute Gasteiger partial charge is 0.321 e. The van der Waals surface area contributed by atoms with Crippen LogP contribution in [0, 0.1) is 5.41 Å². The van der Waals surface area contributed by atoms with Crippen molar-refractivity contribution < 1.29 is 38.9 Å². The zero-order chi connectivity index (χ0) is 21.3. The van der Waals surface area contributed by atoms with Crippen LogP contribution in [0.25, 0.3) is 0 Å². The first kappa shape index (κ1) is 21.1. The van der Waals surface area contributed by atoms with Crippen LogP contribution in [0.1, 0.15) is 17.7 Å². The van der Waals surface area contributed by atoms with E-state index in [1.54, 1.807) is 11.4 Å². The number of carboxylic acid groups (broad SMARTS) is 2. The van der Waals surface area contributed by atoms with Crippen molar-refractivity contribution in [3.63, 3.8) is 0 Å². The molecule has 0 aromatic carbocycles. The van der Waals surface area contributed by atoms with Gasteiger partial charge in [0.1, 0.15) is 23.4 Å². The number of aliphatic carboxylic acids is 2. The zero-order valence-electron chi connectivity index (χ0n) is 15.2. The number of nitrogens with one attached hydrogen (secondary N) is 1. The number of thioether (sulfide) groups is 1. The molecule has 0 radical (unpaired) electrons. The summed E-state index contributed by atoms with van der Waals surface area (Å²) in [5, 5.41) is 22.6. The average Bonchev–Trinajstić information content (AvgIpc) is 3.17. The highest BCUT2D eigenvalue weighted by atomic mass is 32.2. The van der Waals surface area contributed by atoms with Gasteiger partial charge in [0.05, 0.1) is 0 Å². The number of hydrogen-bond donors (Lipinski definition) is 3. The predicted octanol–water partition coefficient (Wildman–Crippen LogP) is -0.0497. The van der Waals surface area contributed by atoms with Gasteiger partial charge in [0.15, 0.2) is 5.92 Å². The Bertz CT molecular complexity index is 858. The number of fused-ring (bicyclic) bond motifs is 1. The highest BCUT2D eigenvalue weighted by Gasteiger charge is 2.58. The van der Waals surface area contributed by atoms with Gasteiger partial charge in [-0.25, -0.2) is 0 Å². The number of carbonyl (C=O) groups excluding carboxylic acids is 3. The van der Waals surface area contributed by atoms with Crippen molar-refractivity contribution in [3.8, 4) is 0 Å². The van der Waals surface area contributed by atoms with Crippen molar-refractivity contribution in [2.45, 2.75) is 24.3 Å². The van der Waals surface area contributed by atoms with Gasteiger partial charge < -0.3 is 25.2 Å². The maximum atomic E-state index is 12.5. The van der Waals surface area contributed by atoms with E-state index in [0.717, 1.165) is 23.1 Å². The molecule has 2 aliphatic heterocycles. The van der Waals surface area contributed by atoms with Gasteiger partial charge in [0, 0.05) is 24.1 Å². The molecule has 3 rings (SSSR count). The second-order valence-electron chi connectivity index (χ2n) is 6.81. The molecule has 0 bridgehead atoms. The van der Waals surface area contributed by atoms with Crippen LogP contribution in [-0.4, -0.2) is 75.2 Å². The van der Waals surface area contributed by atoms with Crippen LogP contribution in [0.5, 0.6) is 0 Å². The summed E-state index contributed by atoms with van der Waals surface area (Å²) in [6.07, 6.45) is 0. The molecule has 4 atom stereocenters. The Hall–Kier alpha value is -2.60. The summed E-state index contributed by atoms with van der Waals surface area (Å²) in [5.74, 6) is -5.78. The molecule has 0 spiro atoms. The van der Waals surface area contributed by atoms with Gasteiger partial charge in [-0.3, -0.25) is 24.0 Å². The van der Waals surface area contributed by atoms with E-state index in [0.29, 0.717) is 4.88 Å². The minimum absolute atomic E-state index is 0.0731. The van der Waals surface area contributed by atoms with Gasteiger partial charge in [0.2, 0.25) is 11.8 Å². The molecule has 2 saturated heterocycles. The molecule has 2 amide bonds. The standard InChI is InChI=1S/C17H18N2O8S2/c1-8(20)27-6-17(16(25)26)5-19-13(22)11(14(19)29-7-17)18-12(21)10(15(23)24)9-3-2-4-28-9/h2-4,10-11,14H,5-7H2,1H3,(H,18,21)(H,23,24)(H,25,26)/t10?,11?,14-,17?/m1/s1. The minimum Gasteiger partial charge on any atom is -0.481 e. The number of thiophene rings is 1. The Kier molecular flexibility index (Phi) is 5.85. The van der Waals surface area contributed by atoms with Crippen LogP contribution in [0.2, 0.25) is 0 Å². The molecule has 0 saturated carbocycles. The molecule has 10 nitrogen and oxygen atoms in total. The lowest BCUT2D eigenvalue weighted by Gasteiger charge is -2.53. The number of β-lactam (4-membered cyclic amide) rings is 1. The molecule has 156 valence electrons. The second-order valence-corrected chi connectivity index (χ2v) is 8.89. The summed E-state index contributed by atoms with van der Waals surface area (Å²) < 4.78 is 4.87. The van der Waals surface area contributed by atoms with Gasteiger partial charge in [-0.05, 0) is 11.4 Å². The summed E-state index contributed by atoms with van der Waals surface area (Å²) in [4.78, 5) is 61.0. The lowest BCUT2D eigenvalue weighted by atomic mass is 9.88. The number of esters is 1. The van der Waals surface area contributed by atoms with Crippen molar-refractivity contribution in [2.75, 3.05) is 18.9 Å². The minimum atomic E-state index is -1.43. The van der Waals surface area contributed by atoms with Crippen molar-refractivity contribution in [3.05, 3.63) is 22.4 Å². The molecule has 3 unspecified atom stereocenters. The molecular weight excluding hydrogens is 424 g/mol. The molecule has 3 N–H and O–H groups in total. The van der Waals surface area contributed by atoms with Crippen LogP contribution < -0.4 is 5.32 Å². The van der Waals surface area contributed by atoms with Crippen LogP contribution >= 0.6 is 23.1 Å². The third kappa shape index (κ3) is 3.94. The van der Waals surface area contributed by atoms with Gasteiger partial charge >= 0.3 is 17.9 Å². The number of ether oxygens (including phenoxy) is 1. The first-order valence-electron chi connectivity index (χ1n) is 8.52. The van der Waals surface area contributed by atoms with Gasteiger partial charge in [-0.2, -0.15) is 0 Å². The number of amides is 2. The van der Waals surface area contributed by atoms with Gasteiger partial charge in [0.25, 0.3) is 0 Å². The number of hydrogen-bond acceptors (Lipinski definition) is 8. The van der Waals surface area contributed by atoms with Crippen LogP contribution in [0.15, 0.2) is 17.5 Å². The first-order valence-corrected chi connectivity index (χ1v) is 10.4. The summed E-state index contributed by atoms with van der Waals surface area (Å²) in [6, 6.07) is 2.23. The van der Waals surface area contributed by atoms with Crippen LogP contribution in [0.3, 0.4) is 0 Å². The maximum absolute atomic E-state index is 12.5. The Morgan fingerprint density at radius 1 is 1.38 bits per heavy atom. The fourth-order valence-electron chi connectivity index (χ4n) is 3.20. The van der Waals surface area contributed by atoms with E-state index in [1.165, 1.54) is 17.9 Å². The third-order valence-corrected chi connectivity index (χ3v) is 7.31. The molecular formula is C17H18N2O8S2. The zero-order valence-corrected chi connectivity index (χ0v) is 16.8. The number of nitrogens with zero attached hydrogens (tertiary/aromatic N) is 1. The molecule has 0 aliphatic carbocycles. The lowest BCUT2D eigenvalue weighted by molar-refractivity contribution is -0.165. The fourth-order valence-corrected chi connectivity index (χ4v) is 5.54. The van der Waals surface area contributed by atoms with Crippen LogP contribution in [0.4, 0.5) is 0 Å². The second kappa shape index (κ2) is 8.03. The van der Waals surface area contributed by atoms with Crippen molar-refractivity contribution in [2.24, 2.45) is 5.41 Å². The van der Waals surface area contributed by atoms with Gasteiger partial charge in [-0.1, -0.05) is 6.07 Å². The van der Waals surface area contributed by atoms with Crippen LogP contribution in [-0.2, 0) is 28.7 Å². The highest BCUT2D eigenvalue weighted by Crippen LogP contribution is 2.42. The van der Waals surface area contributed by atoms with Gasteiger partial charge in [-0.15, -0.1) is 23.1 Å². The molecule has 29 heavy (non-hydrogen) atoms. The summed E-state index contributed by atoms with van der Waals surface area (Å²) in [5.41, 5.74) is -1.43. The molecule has 1 aromatic rings. The topological polar surface area (TPSA) is 150 Å².